The fraction of sp³-hybridized carbons (Fsp3) is 0.462. The van der Waals surface area contributed by atoms with Crippen LogP contribution in [0.1, 0.15) is 30.4 Å². The summed E-state index contributed by atoms with van der Waals surface area (Å²) in [5, 5.41) is 9.33. The number of rotatable bonds is 7. The molecule has 114 valence electrons. The Hall–Kier alpha value is -1.64. The van der Waals surface area contributed by atoms with Gasteiger partial charge in [0.15, 0.2) is 0 Å². The fourth-order valence-corrected chi connectivity index (χ4v) is 3.37. The van der Waals surface area contributed by atoms with E-state index in [4.69, 9.17) is 0 Å². The largest absolute Gasteiger partial charge is 0.390 e. The molecular weight excluding hydrogens is 292 g/mol. The standard InChI is InChI=1S/C13H18N4O3S/c18-9-11-7-12(8-17(11)10-1-2-10)21(19,20)16-4-3-13-14-5-6-15-13/h5-8,10,16,18H,1-4,9H2,(H,14,15). The van der Waals surface area contributed by atoms with Crippen molar-refractivity contribution in [3.63, 3.8) is 0 Å². The molecule has 1 aliphatic rings. The number of nitrogens with one attached hydrogen (secondary N) is 2. The maximum atomic E-state index is 12.2. The summed E-state index contributed by atoms with van der Waals surface area (Å²) < 4.78 is 28.9. The first-order valence-electron chi connectivity index (χ1n) is 6.89. The van der Waals surface area contributed by atoms with E-state index in [1.165, 1.54) is 6.07 Å². The van der Waals surface area contributed by atoms with Crippen LogP contribution in [0.2, 0.25) is 0 Å². The van der Waals surface area contributed by atoms with E-state index in [9.17, 15) is 13.5 Å². The van der Waals surface area contributed by atoms with Crippen LogP contribution in [-0.2, 0) is 23.1 Å². The Balaban J connectivity index is 1.69. The molecular formula is C13H18N4O3S. The Bertz CT molecular complexity index is 702. The lowest BCUT2D eigenvalue weighted by Crippen LogP contribution is -2.26. The average Bonchev–Trinajstić information content (AvgIpc) is 3.00. The van der Waals surface area contributed by atoms with E-state index in [0.717, 1.165) is 18.7 Å². The summed E-state index contributed by atoms with van der Waals surface area (Å²) in [4.78, 5) is 7.18. The molecule has 0 bridgehead atoms. The van der Waals surface area contributed by atoms with Crippen LogP contribution in [0.15, 0.2) is 29.6 Å². The second-order valence-corrected chi connectivity index (χ2v) is 6.91. The third-order valence-electron chi connectivity index (χ3n) is 3.53. The lowest BCUT2D eigenvalue weighted by Gasteiger charge is -2.04. The average molecular weight is 310 g/mol. The van der Waals surface area contributed by atoms with Gasteiger partial charge >= 0.3 is 0 Å². The molecule has 3 N–H and O–H groups in total. The van der Waals surface area contributed by atoms with Crippen molar-refractivity contribution in [3.8, 4) is 0 Å². The summed E-state index contributed by atoms with van der Waals surface area (Å²) in [5.74, 6) is 0.740. The van der Waals surface area contributed by atoms with Crippen molar-refractivity contribution < 1.29 is 13.5 Å². The third-order valence-corrected chi connectivity index (χ3v) is 4.96. The molecule has 0 amide bonds. The number of imidazole rings is 1. The van der Waals surface area contributed by atoms with Crippen LogP contribution in [0.5, 0.6) is 0 Å². The van der Waals surface area contributed by atoms with Crippen molar-refractivity contribution >= 4 is 10.0 Å². The third kappa shape index (κ3) is 3.17. The first kappa shape index (κ1) is 14.3. The van der Waals surface area contributed by atoms with E-state index >= 15 is 0 Å². The number of aromatic nitrogens is 3. The molecule has 21 heavy (non-hydrogen) atoms. The Morgan fingerprint density at radius 2 is 2.29 bits per heavy atom. The lowest BCUT2D eigenvalue weighted by atomic mass is 10.4. The molecule has 0 saturated heterocycles. The Morgan fingerprint density at radius 1 is 1.48 bits per heavy atom. The van der Waals surface area contributed by atoms with Gasteiger partial charge in [0, 0.05) is 43.3 Å². The summed E-state index contributed by atoms with van der Waals surface area (Å²) in [6, 6.07) is 1.87. The molecule has 2 aromatic rings. The number of aliphatic hydroxyl groups excluding tert-OH is 1. The van der Waals surface area contributed by atoms with Crippen LogP contribution in [0, 0.1) is 0 Å². The highest BCUT2D eigenvalue weighted by molar-refractivity contribution is 7.89. The normalized spacial score (nSPS) is 15.5. The zero-order chi connectivity index (χ0) is 14.9. The van der Waals surface area contributed by atoms with Crippen molar-refractivity contribution in [3.05, 3.63) is 36.2 Å². The zero-order valence-corrected chi connectivity index (χ0v) is 12.3. The van der Waals surface area contributed by atoms with E-state index in [0.29, 0.717) is 18.2 Å². The SMILES string of the molecule is O=S(=O)(NCCc1ncc[nH]1)c1cc(CO)n(C2CC2)c1. The number of aromatic amines is 1. The lowest BCUT2D eigenvalue weighted by molar-refractivity contribution is 0.270. The van der Waals surface area contributed by atoms with Gasteiger partial charge in [-0.1, -0.05) is 0 Å². The maximum Gasteiger partial charge on any atom is 0.242 e. The van der Waals surface area contributed by atoms with Crippen LogP contribution in [0.4, 0.5) is 0 Å². The number of aliphatic hydroxyl groups is 1. The number of H-pyrrole nitrogens is 1. The van der Waals surface area contributed by atoms with Crippen molar-refractivity contribution in [2.75, 3.05) is 6.54 Å². The highest BCUT2D eigenvalue weighted by Crippen LogP contribution is 2.37. The molecule has 0 unspecified atom stereocenters. The first-order valence-corrected chi connectivity index (χ1v) is 8.38. The minimum Gasteiger partial charge on any atom is -0.390 e. The van der Waals surface area contributed by atoms with Gasteiger partial charge in [-0.3, -0.25) is 0 Å². The van der Waals surface area contributed by atoms with Gasteiger partial charge in [0.05, 0.1) is 11.5 Å². The molecule has 1 fully saturated rings. The highest BCUT2D eigenvalue weighted by Gasteiger charge is 2.27. The topological polar surface area (TPSA) is 100 Å². The van der Waals surface area contributed by atoms with E-state index < -0.39 is 10.0 Å². The number of hydrogen-bond acceptors (Lipinski definition) is 4. The van der Waals surface area contributed by atoms with Crippen LogP contribution < -0.4 is 4.72 Å². The van der Waals surface area contributed by atoms with Crippen molar-refractivity contribution in [2.24, 2.45) is 0 Å². The summed E-state index contributed by atoms with van der Waals surface area (Å²) in [5.41, 5.74) is 0.643. The molecule has 8 heteroatoms. The zero-order valence-electron chi connectivity index (χ0n) is 11.5. The minimum absolute atomic E-state index is 0.154. The second kappa shape index (κ2) is 5.63. The molecule has 0 aromatic carbocycles. The molecule has 0 atom stereocenters. The fourth-order valence-electron chi connectivity index (χ4n) is 2.28. The van der Waals surface area contributed by atoms with Gasteiger partial charge in [0.2, 0.25) is 10.0 Å². The van der Waals surface area contributed by atoms with Gasteiger partial charge in [-0.05, 0) is 18.9 Å². The first-order chi connectivity index (χ1) is 10.1. The van der Waals surface area contributed by atoms with Gasteiger partial charge < -0.3 is 14.7 Å². The molecule has 0 aliphatic heterocycles. The smallest absolute Gasteiger partial charge is 0.242 e. The molecule has 2 aromatic heterocycles. The van der Waals surface area contributed by atoms with E-state index in [2.05, 4.69) is 14.7 Å². The van der Waals surface area contributed by atoms with E-state index in [1.54, 1.807) is 18.6 Å². The number of sulfonamides is 1. The predicted molar refractivity (Wildman–Crippen MR) is 76.1 cm³/mol. The molecule has 1 aliphatic carbocycles. The number of hydrogen-bond donors (Lipinski definition) is 3. The highest BCUT2D eigenvalue weighted by atomic mass is 32.2. The maximum absolute atomic E-state index is 12.2. The molecule has 0 spiro atoms. The van der Waals surface area contributed by atoms with Crippen molar-refractivity contribution in [1.29, 1.82) is 0 Å². The van der Waals surface area contributed by atoms with E-state index in [1.807, 2.05) is 4.57 Å². The van der Waals surface area contributed by atoms with Crippen LogP contribution in [0.25, 0.3) is 0 Å². The van der Waals surface area contributed by atoms with Crippen molar-refractivity contribution in [2.45, 2.75) is 36.8 Å². The predicted octanol–water partition coefficient (Wildman–Crippen LogP) is 0.559. The van der Waals surface area contributed by atoms with Crippen LogP contribution in [-0.4, -0.2) is 34.6 Å². The summed E-state index contributed by atoms with van der Waals surface area (Å²) in [7, 11) is -3.55. The summed E-state index contributed by atoms with van der Waals surface area (Å²) in [6.45, 7) is 0.122. The molecule has 2 heterocycles. The number of nitrogens with zero attached hydrogens (tertiary/aromatic N) is 2. The molecule has 1 saturated carbocycles. The van der Waals surface area contributed by atoms with Crippen LogP contribution in [0.3, 0.4) is 0 Å². The Kier molecular flexibility index (Phi) is 3.83. The second-order valence-electron chi connectivity index (χ2n) is 5.15. The minimum atomic E-state index is -3.55. The Morgan fingerprint density at radius 3 is 2.90 bits per heavy atom. The van der Waals surface area contributed by atoms with Crippen molar-refractivity contribution in [1.82, 2.24) is 19.3 Å². The summed E-state index contributed by atoms with van der Waals surface area (Å²) in [6.07, 6.45) is 7.52. The van der Waals surface area contributed by atoms with Gasteiger partial charge in [-0.2, -0.15) is 0 Å². The molecule has 3 rings (SSSR count). The van der Waals surface area contributed by atoms with Gasteiger partial charge in [0.1, 0.15) is 5.82 Å². The quantitative estimate of drug-likeness (QED) is 0.695. The summed E-state index contributed by atoms with van der Waals surface area (Å²) >= 11 is 0. The molecule has 0 radical (unpaired) electrons. The van der Waals surface area contributed by atoms with Gasteiger partial charge in [-0.25, -0.2) is 18.1 Å². The van der Waals surface area contributed by atoms with Gasteiger partial charge in [0.25, 0.3) is 0 Å². The van der Waals surface area contributed by atoms with Crippen LogP contribution >= 0.6 is 0 Å². The molecule has 7 nitrogen and oxygen atoms in total. The Labute approximate surface area is 123 Å². The monoisotopic (exact) mass is 310 g/mol. The van der Waals surface area contributed by atoms with E-state index in [-0.39, 0.29) is 18.0 Å². The van der Waals surface area contributed by atoms with Gasteiger partial charge in [-0.15, -0.1) is 0 Å².